The average Bonchev–Trinajstić information content (AvgIpc) is 2.79. The molecule has 0 saturated carbocycles. The number of hydrogen-bond acceptors (Lipinski definition) is 4. The molecule has 0 atom stereocenters. The molecule has 0 bridgehead atoms. The van der Waals surface area contributed by atoms with Crippen molar-refractivity contribution in [2.75, 3.05) is 7.11 Å². The number of allylic oxidation sites excluding steroid dienone is 1. The van der Waals surface area contributed by atoms with Gasteiger partial charge in [-0.05, 0) is 54.5 Å². The highest BCUT2D eigenvalue weighted by atomic mass is 32.1. The molecule has 3 rings (SSSR count). The Bertz CT molecular complexity index is 840. The number of carbonyl (C=O) groups is 1. The summed E-state index contributed by atoms with van der Waals surface area (Å²) < 4.78 is 35.4. The topological polar surface area (TPSA) is 46.5 Å². The van der Waals surface area contributed by atoms with E-state index in [1.807, 2.05) is 30.3 Å². The number of hydrogen-bond donors (Lipinski definition) is 2. The number of thiol groups is 1. The molecule has 0 spiro atoms. The Labute approximate surface area is 167 Å². The van der Waals surface area contributed by atoms with Gasteiger partial charge in [0.1, 0.15) is 5.76 Å². The minimum Gasteiger partial charge on any atom is -0.507 e. The van der Waals surface area contributed by atoms with E-state index in [0.29, 0.717) is 11.3 Å². The third-order valence-corrected chi connectivity index (χ3v) is 4.30. The predicted molar refractivity (Wildman–Crippen MR) is 105 cm³/mol. The Morgan fingerprint density at radius 2 is 1.79 bits per heavy atom. The highest BCUT2D eigenvalue weighted by molar-refractivity contribution is 7.81. The first-order chi connectivity index (χ1) is 13.2. The molecule has 3 nitrogen and oxygen atoms in total. The van der Waals surface area contributed by atoms with Gasteiger partial charge in [-0.1, -0.05) is 49.0 Å². The van der Waals surface area contributed by atoms with Crippen molar-refractivity contribution in [3.05, 3.63) is 76.4 Å². The number of aliphatic hydroxyl groups is 1. The fourth-order valence-electron chi connectivity index (χ4n) is 3.09. The molecule has 2 aromatic rings. The lowest BCUT2D eigenvalue weighted by atomic mass is 9.98. The van der Waals surface area contributed by atoms with Gasteiger partial charge in [-0.3, -0.25) is 0 Å². The van der Waals surface area contributed by atoms with Crippen LogP contribution in [0.4, 0.5) is 13.2 Å². The summed E-state index contributed by atoms with van der Waals surface area (Å²) in [4.78, 5) is 11.7. The van der Waals surface area contributed by atoms with Crippen molar-refractivity contribution in [3.63, 3.8) is 0 Å². The van der Waals surface area contributed by atoms with Crippen LogP contribution in [-0.2, 0) is 17.6 Å². The van der Waals surface area contributed by atoms with Gasteiger partial charge < -0.3 is 9.84 Å². The molecule has 1 aliphatic rings. The lowest BCUT2D eigenvalue weighted by Gasteiger charge is -2.11. The highest BCUT2D eigenvalue weighted by Gasteiger charge is 2.19. The number of ether oxygens (including phenoxy) is 1. The first-order valence-electron chi connectivity index (χ1n) is 8.64. The predicted octanol–water partition coefficient (Wildman–Crippen LogP) is 5.76. The summed E-state index contributed by atoms with van der Waals surface area (Å²) in [5.41, 5.74) is 0.324. The van der Waals surface area contributed by atoms with Crippen LogP contribution >= 0.6 is 12.6 Å². The Morgan fingerprint density at radius 3 is 2.39 bits per heavy atom. The molecule has 150 valence electrons. The number of esters is 1. The zero-order chi connectivity index (χ0) is 20.7. The van der Waals surface area contributed by atoms with Gasteiger partial charge in [-0.2, -0.15) is 13.2 Å². The highest BCUT2D eigenvalue weighted by Crippen LogP contribution is 2.31. The van der Waals surface area contributed by atoms with Crippen LogP contribution in [0, 0.1) is 0 Å². The van der Waals surface area contributed by atoms with Gasteiger partial charge in [0, 0.05) is 5.56 Å². The molecule has 0 saturated heterocycles. The minimum atomic E-state index is -4.31. The van der Waals surface area contributed by atoms with Crippen LogP contribution in [0.3, 0.4) is 0 Å². The average molecular weight is 410 g/mol. The van der Waals surface area contributed by atoms with E-state index in [1.165, 1.54) is 12.7 Å². The van der Waals surface area contributed by atoms with Crippen molar-refractivity contribution in [1.82, 2.24) is 0 Å². The van der Waals surface area contributed by atoms with Gasteiger partial charge in [0.05, 0.1) is 12.7 Å². The monoisotopic (exact) mass is 410 g/mol. The van der Waals surface area contributed by atoms with E-state index in [0.717, 1.165) is 42.4 Å². The summed E-state index contributed by atoms with van der Waals surface area (Å²) in [5, 5.41) is 10.7. The Kier molecular flexibility index (Phi) is 7.57. The third-order valence-electron chi connectivity index (χ3n) is 4.30. The van der Waals surface area contributed by atoms with Gasteiger partial charge in [-0.25, -0.2) is 4.79 Å². The minimum absolute atomic E-state index is 0.343. The summed E-state index contributed by atoms with van der Waals surface area (Å²) in [5.74, 6) is 0.0165. The third kappa shape index (κ3) is 6.64. The molecule has 7 heteroatoms. The van der Waals surface area contributed by atoms with Crippen LogP contribution in [0.1, 0.15) is 39.9 Å². The zero-order valence-electron chi connectivity index (χ0n) is 15.3. The fraction of sp³-hybridized carbons (Fsp3) is 0.286. The smallest absolute Gasteiger partial charge is 0.438 e. The Morgan fingerprint density at radius 1 is 1.14 bits per heavy atom. The van der Waals surface area contributed by atoms with Crippen molar-refractivity contribution in [2.45, 2.75) is 31.2 Å². The maximum Gasteiger partial charge on any atom is 0.438 e. The summed E-state index contributed by atoms with van der Waals surface area (Å²) in [6, 6.07) is 15.6. The summed E-state index contributed by atoms with van der Waals surface area (Å²) in [7, 11) is 1.38. The van der Waals surface area contributed by atoms with Crippen LogP contribution < -0.4 is 0 Å². The lowest BCUT2D eigenvalue weighted by molar-refractivity contribution is -0.0303. The number of aryl methyl sites for hydroxylation is 1. The van der Waals surface area contributed by atoms with Gasteiger partial charge >= 0.3 is 11.5 Å². The SMILES string of the molecule is COC(=O)c1ccc2c(c1)CCCC(Cc1ccccc1)=C2O.FC(F)(F)S. The van der Waals surface area contributed by atoms with Crippen LogP contribution in [-0.4, -0.2) is 23.7 Å². The molecule has 1 N–H and O–H groups in total. The van der Waals surface area contributed by atoms with E-state index in [-0.39, 0.29) is 5.97 Å². The second-order valence-corrected chi connectivity index (χ2v) is 6.81. The molecule has 2 aromatic carbocycles. The largest absolute Gasteiger partial charge is 0.507 e. The Balaban J connectivity index is 0.000000500. The molecule has 0 aromatic heterocycles. The van der Waals surface area contributed by atoms with E-state index in [1.54, 1.807) is 6.07 Å². The molecule has 0 fully saturated rings. The second-order valence-electron chi connectivity index (χ2n) is 6.30. The summed E-state index contributed by atoms with van der Waals surface area (Å²) >= 11 is 2.12. The molecule has 0 unspecified atom stereocenters. The number of alkyl halides is 3. The Hall–Kier alpha value is -2.41. The molecular weight excluding hydrogens is 389 g/mol. The number of halogens is 3. The fourth-order valence-corrected chi connectivity index (χ4v) is 3.09. The number of aliphatic hydroxyl groups excluding tert-OH is 1. The number of rotatable bonds is 3. The van der Waals surface area contributed by atoms with Crippen molar-refractivity contribution in [3.8, 4) is 0 Å². The molecular formula is C21H21F3O3S. The maximum atomic E-state index is 11.7. The molecule has 1 aliphatic carbocycles. The molecule has 28 heavy (non-hydrogen) atoms. The molecule has 0 radical (unpaired) electrons. The molecule has 0 heterocycles. The van der Waals surface area contributed by atoms with E-state index in [2.05, 4.69) is 24.8 Å². The van der Waals surface area contributed by atoms with Crippen molar-refractivity contribution >= 4 is 24.4 Å². The first-order valence-corrected chi connectivity index (χ1v) is 9.09. The molecule has 0 amide bonds. The standard InChI is InChI=1S/C20H20O3.CHF3S/c1-23-20(22)17-10-11-18-15(13-17)8-5-9-16(19(18)21)12-14-6-3-2-4-7-14;2-1(3,4)5/h2-4,6-7,10-11,13,21H,5,8-9,12H2,1H3;5H. The van der Waals surface area contributed by atoms with E-state index in [4.69, 9.17) is 4.74 Å². The second kappa shape index (κ2) is 9.68. The number of methoxy groups -OCH3 is 1. The summed E-state index contributed by atoms with van der Waals surface area (Å²) in [6.07, 6.45) is 3.43. The van der Waals surface area contributed by atoms with Gasteiger partial charge in [0.2, 0.25) is 0 Å². The normalized spacial score (nSPS) is 13.8. The van der Waals surface area contributed by atoms with Gasteiger partial charge in [0.25, 0.3) is 0 Å². The van der Waals surface area contributed by atoms with E-state index >= 15 is 0 Å². The van der Waals surface area contributed by atoms with Crippen molar-refractivity contribution in [1.29, 1.82) is 0 Å². The van der Waals surface area contributed by atoms with Gasteiger partial charge in [0.15, 0.2) is 0 Å². The van der Waals surface area contributed by atoms with Crippen LogP contribution in [0.15, 0.2) is 54.1 Å². The lowest BCUT2D eigenvalue weighted by Crippen LogP contribution is -2.03. The van der Waals surface area contributed by atoms with Crippen LogP contribution in [0.2, 0.25) is 0 Å². The number of fused-ring (bicyclic) bond motifs is 1. The maximum absolute atomic E-state index is 11.7. The van der Waals surface area contributed by atoms with Crippen LogP contribution in [0.25, 0.3) is 5.76 Å². The van der Waals surface area contributed by atoms with Crippen molar-refractivity contribution < 1.29 is 27.8 Å². The molecule has 0 aliphatic heterocycles. The van der Waals surface area contributed by atoms with Gasteiger partial charge in [-0.15, -0.1) is 0 Å². The first kappa shape index (κ1) is 21.9. The van der Waals surface area contributed by atoms with E-state index in [9.17, 15) is 23.1 Å². The van der Waals surface area contributed by atoms with Crippen LogP contribution in [0.5, 0.6) is 0 Å². The van der Waals surface area contributed by atoms with E-state index < -0.39 is 5.51 Å². The summed E-state index contributed by atoms with van der Waals surface area (Å²) in [6.45, 7) is 0. The zero-order valence-corrected chi connectivity index (χ0v) is 16.2. The quantitative estimate of drug-likeness (QED) is 0.500. The van der Waals surface area contributed by atoms with Crippen molar-refractivity contribution in [2.24, 2.45) is 0 Å². The number of carbonyl (C=O) groups excluding carboxylic acids is 1. The number of benzene rings is 2.